The van der Waals surface area contributed by atoms with Crippen molar-refractivity contribution < 1.29 is 23.5 Å². The number of fused-ring (bicyclic) bond motifs is 1. The van der Waals surface area contributed by atoms with Crippen molar-refractivity contribution in [3.63, 3.8) is 0 Å². The van der Waals surface area contributed by atoms with Gasteiger partial charge in [0.15, 0.2) is 11.5 Å². The van der Waals surface area contributed by atoms with Crippen molar-refractivity contribution in [2.45, 2.75) is 0 Å². The molecule has 2 aliphatic rings. The van der Waals surface area contributed by atoms with Crippen molar-refractivity contribution in [1.82, 2.24) is 10.2 Å². The average molecular weight is 428 g/mol. The summed E-state index contributed by atoms with van der Waals surface area (Å²) in [7, 11) is 0. The minimum absolute atomic E-state index is 0.216. The molecule has 2 aromatic carbocycles. The van der Waals surface area contributed by atoms with Crippen LogP contribution in [0.4, 0.5) is 15.8 Å². The fraction of sp³-hybridized carbons (Fsp3) is 0.364. The maximum Gasteiger partial charge on any atom is 0.313 e. The number of hydrogen-bond acceptors (Lipinski definition) is 6. The lowest BCUT2D eigenvalue weighted by molar-refractivity contribution is -0.136. The van der Waals surface area contributed by atoms with Crippen LogP contribution in [0.5, 0.6) is 11.5 Å². The number of nitrogens with one attached hydrogen (secondary N) is 2. The van der Waals surface area contributed by atoms with Gasteiger partial charge in [-0.2, -0.15) is 0 Å². The number of para-hydroxylation sites is 1. The van der Waals surface area contributed by atoms with Crippen LogP contribution in [0.2, 0.25) is 0 Å². The molecule has 0 atom stereocenters. The molecule has 2 N–H and O–H groups in total. The second-order valence-corrected chi connectivity index (χ2v) is 7.35. The zero-order chi connectivity index (χ0) is 21.6. The van der Waals surface area contributed by atoms with Crippen LogP contribution >= 0.6 is 0 Å². The Morgan fingerprint density at radius 3 is 2.45 bits per heavy atom. The summed E-state index contributed by atoms with van der Waals surface area (Å²) in [4.78, 5) is 28.4. The molecule has 4 rings (SSSR count). The van der Waals surface area contributed by atoms with Crippen molar-refractivity contribution in [3.8, 4) is 11.5 Å². The van der Waals surface area contributed by atoms with E-state index >= 15 is 0 Å². The molecule has 0 spiro atoms. The fourth-order valence-corrected chi connectivity index (χ4v) is 3.64. The Hall–Kier alpha value is -3.33. The van der Waals surface area contributed by atoms with E-state index in [0.717, 1.165) is 13.1 Å². The van der Waals surface area contributed by atoms with Crippen LogP contribution in [-0.2, 0) is 9.59 Å². The number of ether oxygens (including phenoxy) is 2. The third-order valence-corrected chi connectivity index (χ3v) is 5.29. The number of hydrogen-bond donors (Lipinski definition) is 2. The molecule has 1 saturated heterocycles. The molecular weight excluding hydrogens is 403 g/mol. The number of amides is 2. The molecule has 0 saturated carbocycles. The molecule has 31 heavy (non-hydrogen) atoms. The zero-order valence-corrected chi connectivity index (χ0v) is 17.1. The first-order chi connectivity index (χ1) is 15.1. The largest absolute Gasteiger partial charge is 0.486 e. The minimum Gasteiger partial charge on any atom is -0.486 e. The van der Waals surface area contributed by atoms with Gasteiger partial charge in [-0.3, -0.25) is 14.5 Å². The Bertz CT molecular complexity index is 947. The summed E-state index contributed by atoms with van der Waals surface area (Å²) >= 11 is 0. The van der Waals surface area contributed by atoms with E-state index in [1.54, 1.807) is 30.3 Å². The summed E-state index contributed by atoms with van der Waals surface area (Å²) in [6.45, 7) is 4.83. The lowest BCUT2D eigenvalue weighted by Crippen LogP contribution is -2.49. The van der Waals surface area contributed by atoms with Gasteiger partial charge in [0.2, 0.25) is 0 Å². The third-order valence-electron chi connectivity index (χ3n) is 5.29. The highest BCUT2D eigenvalue weighted by Crippen LogP contribution is 2.32. The Labute approximate surface area is 179 Å². The van der Waals surface area contributed by atoms with Gasteiger partial charge in [-0.1, -0.05) is 12.1 Å². The van der Waals surface area contributed by atoms with Gasteiger partial charge in [-0.25, -0.2) is 4.39 Å². The van der Waals surface area contributed by atoms with E-state index in [1.165, 1.54) is 6.07 Å². The van der Waals surface area contributed by atoms with Gasteiger partial charge in [0.25, 0.3) is 0 Å². The van der Waals surface area contributed by atoms with Gasteiger partial charge >= 0.3 is 11.8 Å². The van der Waals surface area contributed by atoms with Crippen molar-refractivity contribution in [3.05, 3.63) is 48.3 Å². The van der Waals surface area contributed by atoms with E-state index in [4.69, 9.17) is 9.47 Å². The van der Waals surface area contributed by atoms with Gasteiger partial charge in [-0.05, 0) is 24.3 Å². The molecule has 0 aliphatic carbocycles. The van der Waals surface area contributed by atoms with Crippen LogP contribution < -0.4 is 25.0 Å². The maximum atomic E-state index is 13.9. The lowest BCUT2D eigenvalue weighted by Gasteiger charge is -2.36. The second-order valence-electron chi connectivity index (χ2n) is 7.35. The monoisotopic (exact) mass is 428 g/mol. The topological polar surface area (TPSA) is 83.1 Å². The van der Waals surface area contributed by atoms with E-state index in [-0.39, 0.29) is 5.82 Å². The Kier molecular flexibility index (Phi) is 6.51. The lowest BCUT2D eigenvalue weighted by atomic mass is 10.2. The smallest absolute Gasteiger partial charge is 0.313 e. The van der Waals surface area contributed by atoms with Crippen molar-refractivity contribution in [2.75, 3.05) is 62.7 Å². The first-order valence-corrected chi connectivity index (χ1v) is 10.3. The first kappa shape index (κ1) is 20.9. The fourth-order valence-electron chi connectivity index (χ4n) is 3.64. The second kappa shape index (κ2) is 9.65. The maximum absolute atomic E-state index is 13.9. The van der Waals surface area contributed by atoms with E-state index in [0.29, 0.717) is 62.3 Å². The molecule has 2 amide bonds. The quantitative estimate of drug-likeness (QED) is 0.702. The van der Waals surface area contributed by atoms with E-state index < -0.39 is 11.8 Å². The number of halogens is 1. The van der Waals surface area contributed by atoms with Crippen LogP contribution in [0.25, 0.3) is 0 Å². The SMILES string of the molecule is O=C(NCCN1CCN(c2ccccc2F)CC1)C(=O)Nc1ccc2c(c1)OCCO2. The molecule has 8 nitrogen and oxygen atoms in total. The predicted octanol–water partition coefficient (Wildman–Crippen LogP) is 1.47. The molecule has 1 fully saturated rings. The molecule has 0 bridgehead atoms. The zero-order valence-electron chi connectivity index (χ0n) is 17.1. The Morgan fingerprint density at radius 2 is 1.68 bits per heavy atom. The molecule has 2 heterocycles. The number of piperazine rings is 1. The van der Waals surface area contributed by atoms with E-state index in [9.17, 15) is 14.0 Å². The number of carbonyl (C=O) groups is 2. The molecule has 2 aliphatic heterocycles. The van der Waals surface area contributed by atoms with Gasteiger partial charge in [0.1, 0.15) is 19.0 Å². The number of anilines is 2. The molecule has 0 aromatic heterocycles. The number of benzene rings is 2. The van der Waals surface area contributed by atoms with E-state index in [1.807, 2.05) is 11.0 Å². The molecule has 164 valence electrons. The van der Waals surface area contributed by atoms with Crippen LogP contribution in [0.3, 0.4) is 0 Å². The van der Waals surface area contributed by atoms with Crippen LogP contribution in [0, 0.1) is 5.82 Å². The standard InChI is InChI=1S/C22H25FN4O4/c23-17-3-1-2-4-18(17)27-11-9-26(10-12-27)8-7-24-21(28)22(29)25-16-5-6-19-20(15-16)31-14-13-30-19/h1-6,15H,7-14H2,(H,24,28)(H,25,29). The molecule has 9 heteroatoms. The normalized spacial score (nSPS) is 16.0. The molecular formula is C22H25FN4O4. The summed E-state index contributed by atoms with van der Waals surface area (Å²) < 4.78 is 24.8. The third kappa shape index (κ3) is 5.24. The summed E-state index contributed by atoms with van der Waals surface area (Å²) in [6, 6.07) is 11.8. The number of carbonyl (C=O) groups excluding carboxylic acids is 2. The van der Waals surface area contributed by atoms with Crippen LogP contribution in [0.1, 0.15) is 0 Å². The first-order valence-electron chi connectivity index (χ1n) is 10.3. The predicted molar refractivity (Wildman–Crippen MR) is 114 cm³/mol. The number of rotatable bonds is 5. The highest BCUT2D eigenvalue weighted by atomic mass is 19.1. The minimum atomic E-state index is -0.735. The van der Waals surface area contributed by atoms with E-state index in [2.05, 4.69) is 15.5 Å². The molecule has 0 radical (unpaired) electrons. The van der Waals surface area contributed by atoms with Gasteiger partial charge in [0, 0.05) is 51.0 Å². The number of nitrogens with zero attached hydrogens (tertiary/aromatic N) is 2. The Balaban J connectivity index is 1.18. The molecule has 2 aromatic rings. The average Bonchev–Trinajstić information content (AvgIpc) is 2.80. The highest BCUT2D eigenvalue weighted by molar-refractivity contribution is 6.39. The van der Waals surface area contributed by atoms with Gasteiger partial charge < -0.3 is 25.0 Å². The highest BCUT2D eigenvalue weighted by Gasteiger charge is 2.20. The summed E-state index contributed by atoms with van der Waals surface area (Å²) in [5.41, 5.74) is 1.08. The summed E-state index contributed by atoms with van der Waals surface area (Å²) in [5.74, 6) is -0.490. The Morgan fingerprint density at radius 1 is 0.935 bits per heavy atom. The molecule has 0 unspecified atom stereocenters. The van der Waals surface area contributed by atoms with Crippen molar-refractivity contribution in [1.29, 1.82) is 0 Å². The summed E-state index contributed by atoms with van der Waals surface area (Å²) in [5, 5.41) is 5.21. The van der Waals surface area contributed by atoms with Gasteiger partial charge in [-0.15, -0.1) is 0 Å². The van der Waals surface area contributed by atoms with Crippen molar-refractivity contribution >= 4 is 23.2 Å². The van der Waals surface area contributed by atoms with Crippen molar-refractivity contribution in [2.24, 2.45) is 0 Å². The van der Waals surface area contributed by atoms with Crippen LogP contribution in [0.15, 0.2) is 42.5 Å². The van der Waals surface area contributed by atoms with Gasteiger partial charge in [0.05, 0.1) is 5.69 Å². The van der Waals surface area contributed by atoms with Crippen LogP contribution in [-0.4, -0.2) is 69.2 Å². The summed E-state index contributed by atoms with van der Waals surface area (Å²) in [6.07, 6.45) is 0.